The number of fused-ring (bicyclic) bond motifs is 1. The number of carboxylic acids is 1. The van der Waals surface area contributed by atoms with Crippen LogP contribution in [0.25, 0.3) is 10.9 Å². The normalized spacial score (nSPS) is 16.4. The SMILES string of the molecule is CCOC(=O)N1CCN(C(=O)[C@H](CCC(=O)O)NC(=O)c2cc(OCC(=O)N3CCN(CC)CC3)c3ccccc3n2)CC1. The van der Waals surface area contributed by atoms with Gasteiger partial charge in [0, 0.05) is 70.2 Å². The Morgan fingerprint density at radius 3 is 2.25 bits per heavy atom. The van der Waals surface area contributed by atoms with E-state index in [0.717, 1.165) is 19.6 Å². The Bertz CT molecular complexity index is 1350. The van der Waals surface area contributed by atoms with Crippen molar-refractivity contribution in [3.8, 4) is 5.75 Å². The van der Waals surface area contributed by atoms with Gasteiger partial charge in [-0.05, 0) is 32.0 Å². The number of benzene rings is 1. The third kappa shape index (κ3) is 8.34. The van der Waals surface area contributed by atoms with Gasteiger partial charge in [-0.25, -0.2) is 9.78 Å². The molecule has 0 spiro atoms. The Hall–Kier alpha value is -4.46. The second kappa shape index (κ2) is 15.3. The minimum absolute atomic E-state index is 0.0389. The van der Waals surface area contributed by atoms with Crippen molar-refractivity contribution in [3.63, 3.8) is 0 Å². The molecule has 0 radical (unpaired) electrons. The molecule has 2 aliphatic heterocycles. The highest BCUT2D eigenvalue weighted by atomic mass is 16.6. The van der Waals surface area contributed by atoms with Gasteiger partial charge in [-0.15, -0.1) is 0 Å². The summed E-state index contributed by atoms with van der Waals surface area (Å²) >= 11 is 0. The molecule has 3 heterocycles. The van der Waals surface area contributed by atoms with Gasteiger partial charge in [0.15, 0.2) is 6.61 Å². The monoisotopic (exact) mass is 612 g/mol. The summed E-state index contributed by atoms with van der Waals surface area (Å²) < 4.78 is 11.0. The van der Waals surface area contributed by atoms with E-state index in [2.05, 4.69) is 22.1 Å². The maximum Gasteiger partial charge on any atom is 0.409 e. The minimum Gasteiger partial charge on any atom is -0.483 e. The van der Waals surface area contributed by atoms with E-state index in [1.54, 1.807) is 36.1 Å². The van der Waals surface area contributed by atoms with Gasteiger partial charge in [0.1, 0.15) is 17.5 Å². The zero-order chi connectivity index (χ0) is 31.6. The van der Waals surface area contributed by atoms with Gasteiger partial charge in [0.25, 0.3) is 11.8 Å². The Labute approximate surface area is 255 Å². The summed E-state index contributed by atoms with van der Waals surface area (Å²) in [5.41, 5.74) is 0.422. The number of amides is 4. The number of piperazine rings is 2. The van der Waals surface area contributed by atoms with Crippen LogP contribution in [-0.2, 0) is 19.1 Å². The lowest BCUT2D eigenvalue weighted by molar-refractivity contribution is -0.138. The summed E-state index contributed by atoms with van der Waals surface area (Å²) in [7, 11) is 0. The number of aromatic nitrogens is 1. The molecule has 44 heavy (non-hydrogen) atoms. The molecule has 0 saturated carbocycles. The third-order valence-corrected chi connectivity index (χ3v) is 7.80. The summed E-state index contributed by atoms with van der Waals surface area (Å²) in [6.07, 6.45) is -0.931. The van der Waals surface area contributed by atoms with E-state index in [1.807, 2.05) is 0 Å². The highest BCUT2D eigenvalue weighted by Gasteiger charge is 2.31. The van der Waals surface area contributed by atoms with Gasteiger partial charge >= 0.3 is 12.1 Å². The van der Waals surface area contributed by atoms with Gasteiger partial charge in [-0.3, -0.25) is 19.2 Å². The van der Waals surface area contributed by atoms with E-state index in [1.165, 1.54) is 15.9 Å². The van der Waals surface area contributed by atoms with Gasteiger partial charge in [0.2, 0.25) is 5.91 Å². The Morgan fingerprint density at radius 2 is 1.59 bits per heavy atom. The fourth-order valence-electron chi connectivity index (χ4n) is 5.23. The first-order valence-electron chi connectivity index (χ1n) is 15.0. The Morgan fingerprint density at radius 1 is 0.932 bits per heavy atom. The largest absolute Gasteiger partial charge is 0.483 e. The number of aliphatic carboxylic acids is 1. The Balaban J connectivity index is 1.46. The molecule has 0 aliphatic carbocycles. The predicted molar refractivity (Wildman–Crippen MR) is 159 cm³/mol. The lowest BCUT2D eigenvalue weighted by Gasteiger charge is -2.35. The van der Waals surface area contributed by atoms with Crippen LogP contribution in [-0.4, -0.2) is 138 Å². The number of pyridine rings is 1. The number of carboxylic acid groups (broad SMARTS) is 1. The topological polar surface area (TPSA) is 162 Å². The standard InChI is InChI=1S/C30H40N6O8/c1-3-33-11-13-34(14-12-33)26(37)20-44-25-19-24(31-22-8-6-5-7-21(22)25)28(40)32-23(9-10-27(38)39)29(41)35-15-17-36(18-16-35)30(42)43-4-2/h5-8,19,23H,3-4,9-18,20H2,1-2H3,(H,32,40)(H,38,39)/t23-/m0/s1. The number of rotatable bonds is 11. The second-order valence-corrected chi connectivity index (χ2v) is 10.6. The average molecular weight is 613 g/mol. The van der Waals surface area contributed by atoms with Gasteiger partial charge in [-0.1, -0.05) is 19.1 Å². The van der Waals surface area contributed by atoms with Crippen molar-refractivity contribution >= 4 is 40.7 Å². The first-order chi connectivity index (χ1) is 21.2. The van der Waals surface area contributed by atoms with Crippen LogP contribution in [0.2, 0.25) is 0 Å². The lowest BCUT2D eigenvalue weighted by atomic mass is 10.1. The van der Waals surface area contributed by atoms with E-state index < -0.39 is 29.9 Å². The summed E-state index contributed by atoms with van der Waals surface area (Å²) in [6.45, 7) is 8.52. The number of likely N-dealkylation sites (N-methyl/N-ethyl adjacent to an activating group) is 1. The molecule has 4 amide bonds. The minimum atomic E-state index is -1.13. The number of carbonyl (C=O) groups excluding carboxylic acids is 4. The quantitative estimate of drug-likeness (QED) is 0.375. The van der Waals surface area contributed by atoms with Crippen LogP contribution in [0, 0.1) is 0 Å². The number of nitrogens with zero attached hydrogens (tertiary/aromatic N) is 5. The maximum absolute atomic E-state index is 13.4. The number of para-hydroxylation sites is 1. The van der Waals surface area contributed by atoms with Crippen molar-refractivity contribution in [2.24, 2.45) is 0 Å². The van der Waals surface area contributed by atoms with E-state index in [-0.39, 0.29) is 63.8 Å². The van der Waals surface area contributed by atoms with Crippen molar-refractivity contribution < 1.29 is 38.6 Å². The summed E-state index contributed by atoms with van der Waals surface area (Å²) in [4.78, 5) is 74.6. The summed E-state index contributed by atoms with van der Waals surface area (Å²) in [6, 6.07) is 7.34. The van der Waals surface area contributed by atoms with Crippen LogP contribution in [0.1, 0.15) is 37.2 Å². The van der Waals surface area contributed by atoms with E-state index in [4.69, 9.17) is 9.47 Å². The molecule has 2 aromatic rings. The molecular weight excluding hydrogens is 572 g/mol. The van der Waals surface area contributed by atoms with Crippen LogP contribution in [0.5, 0.6) is 5.75 Å². The van der Waals surface area contributed by atoms with E-state index in [0.29, 0.717) is 29.7 Å². The molecule has 14 heteroatoms. The number of hydrogen-bond acceptors (Lipinski definition) is 9. The molecule has 1 atom stereocenters. The fourth-order valence-corrected chi connectivity index (χ4v) is 5.23. The second-order valence-electron chi connectivity index (χ2n) is 10.6. The lowest BCUT2D eigenvalue weighted by Crippen LogP contribution is -2.56. The van der Waals surface area contributed by atoms with Crippen molar-refractivity contribution in [2.45, 2.75) is 32.7 Å². The van der Waals surface area contributed by atoms with Crippen LogP contribution in [0.3, 0.4) is 0 Å². The molecule has 14 nitrogen and oxygen atoms in total. The summed E-state index contributed by atoms with van der Waals surface area (Å²) in [5.74, 6) is -2.10. The van der Waals surface area contributed by atoms with Gasteiger partial charge in [0.05, 0.1) is 12.1 Å². The van der Waals surface area contributed by atoms with Crippen molar-refractivity contribution in [1.82, 2.24) is 29.9 Å². The van der Waals surface area contributed by atoms with Crippen LogP contribution in [0.15, 0.2) is 30.3 Å². The first-order valence-corrected chi connectivity index (χ1v) is 15.0. The average Bonchev–Trinajstić information content (AvgIpc) is 3.04. The van der Waals surface area contributed by atoms with Crippen molar-refractivity contribution in [2.75, 3.05) is 72.1 Å². The molecule has 238 valence electrons. The van der Waals surface area contributed by atoms with E-state index >= 15 is 0 Å². The number of carbonyl (C=O) groups is 5. The Kier molecular flexibility index (Phi) is 11.3. The van der Waals surface area contributed by atoms with Crippen LogP contribution in [0.4, 0.5) is 4.79 Å². The highest BCUT2D eigenvalue weighted by molar-refractivity contribution is 5.99. The molecule has 2 aliphatic rings. The molecule has 2 saturated heterocycles. The molecule has 2 N–H and O–H groups in total. The smallest absolute Gasteiger partial charge is 0.409 e. The molecule has 2 fully saturated rings. The van der Waals surface area contributed by atoms with Gasteiger partial charge < -0.3 is 39.5 Å². The molecule has 0 unspecified atom stereocenters. The molecule has 1 aromatic carbocycles. The van der Waals surface area contributed by atoms with Crippen LogP contribution < -0.4 is 10.1 Å². The molecule has 0 bridgehead atoms. The van der Waals surface area contributed by atoms with Crippen molar-refractivity contribution in [1.29, 1.82) is 0 Å². The van der Waals surface area contributed by atoms with Crippen molar-refractivity contribution in [3.05, 3.63) is 36.0 Å². The maximum atomic E-state index is 13.4. The number of nitrogens with one attached hydrogen (secondary N) is 1. The predicted octanol–water partition coefficient (Wildman–Crippen LogP) is 1.04. The zero-order valence-corrected chi connectivity index (χ0v) is 25.2. The van der Waals surface area contributed by atoms with Gasteiger partial charge in [-0.2, -0.15) is 0 Å². The molecular formula is C30H40N6O8. The molecule has 1 aromatic heterocycles. The number of hydrogen-bond donors (Lipinski definition) is 2. The third-order valence-electron chi connectivity index (χ3n) is 7.80. The summed E-state index contributed by atoms with van der Waals surface area (Å²) in [5, 5.41) is 12.6. The fraction of sp³-hybridized carbons (Fsp3) is 0.533. The van der Waals surface area contributed by atoms with Crippen LogP contribution >= 0.6 is 0 Å². The molecule has 4 rings (SSSR count). The first kappa shape index (κ1) is 32.5. The number of ether oxygens (including phenoxy) is 2. The van der Waals surface area contributed by atoms with E-state index in [9.17, 15) is 29.1 Å². The zero-order valence-electron chi connectivity index (χ0n) is 25.2. The highest BCUT2D eigenvalue weighted by Crippen LogP contribution is 2.26.